The van der Waals surface area contributed by atoms with E-state index in [1.807, 2.05) is 0 Å². The topological polar surface area (TPSA) is 119 Å². The Bertz CT molecular complexity index is 981. The molecule has 0 amide bonds. The van der Waals surface area contributed by atoms with Gasteiger partial charge in [0.25, 0.3) is 0 Å². The zero-order valence-electron chi connectivity index (χ0n) is 15.5. The number of rotatable bonds is 8. The molecule has 0 atom stereocenters. The standard InChI is InChI=1S/C18H21O8PS/c1-24-14-10-17(25-2)16(18(11-14)26-3)12-28(22,23)9-8-13-4-6-15(7-5-13)27(19,20)21/h4-11H,12H2,1-3H3,(H2,19,20,21). The summed E-state index contributed by atoms with van der Waals surface area (Å²) in [5.41, 5.74) is 0.835. The summed E-state index contributed by atoms with van der Waals surface area (Å²) < 4.78 is 51.9. The van der Waals surface area contributed by atoms with Crippen molar-refractivity contribution in [3.63, 3.8) is 0 Å². The lowest BCUT2D eigenvalue weighted by molar-refractivity contribution is 0.370. The van der Waals surface area contributed by atoms with Crippen molar-refractivity contribution in [2.24, 2.45) is 0 Å². The van der Waals surface area contributed by atoms with Crippen LogP contribution < -0.4 is 19.5 Å². The van der Waals surface area contributed by atoms with Crippen LogP contribution in [-0.4, -0.2) is 39.5 Å². The molecule has 0 unspecified atom stereocenters. The van der Waals surface area contributed by atoms with Crippen molar-refractivity contribution < 1.29 is 37.0 Å². The van der Waals surface area contributed by atoms with E-state index in [1.54, 1.807) is 12.1 Å². The van der Waals surface area contributed by atoms with Crippen molar-refractivity contribution in [3.05, 3.63) is 52.9 Å². The van der Waals surface area contributed by atoms with Gasteiger partial charge in [-0.05, 0) is 23.8 Å². The predicted molar refractivity (Wildman–Crippen MR) is 106 cm³/mol. The van der Waals surface area contributed by atoms with Gasteiger partial charge in [-0.15, -0.1) is 0 Å². The minimum atomic E-state index is -4.34. The first kappa shape index (κ1) is 22.0. The van der Waals surface area contributed by atoms with Crippen LogP contribution in [0.4, 0.5) is 0 Å². The first-order valence-electron chi connectivity index (χ1n) is 7.95. The van der Waals surface area contributed by atoms with Gasteiger partial charge in [-0.3, -0.25) is 4.57 Å². The van der Waals surface area contributed by atoms with Gasteiger partial charge in [-0.1, -0.05) is 12.1 Å². The van der Waals surface area contributed by atoms with Crippen LogP contribution in [0.25, 0.3) is 6.08 Å². The maximum Gasteiger partial charge on any atom is 0.356 e. The molecule has 2 rings (SSSR count). The van der Waals surface area contributed by atoms with Gasteiger partial charge < -0.3 is 24.0 Å². The molecule has 0 aliphatic rings. The Labute approximate surface area is 163 Å². The van der Waals surface area contributed by atoms with Gasteiger partial charge in [0.2, 0.25) is 0 Å². The zero-order chi connectivity index (χ0) is 20.9. The molecule has 2 aromatic rings. The lowest BCUT2D eigenvalue weighted by Gasteiger charge is -2.14. The fourth-order valence-electron chi connectivity index (χ4n) is 2.43. The smallest absolute Gasteiger partial charge is 0.356 e. The molecule has 2 aromatic carbocycles. The molecule has 2 N–H and O–H groups in total. The van der Waals surface area contributed by atoms with Crippen LogP contribution in [-0.2, 0) is 20.2 Å². The number of methoxy groups -OCH3 is 3. The van der Waals surface area contributed by atoms with E-state index in [0.29, 0.717) is 28.4 Å². The summed E-state index contributed by atoms with van der Waals surface area (Å²) in [7, 11) is -3.72. The quantitative estimate of drug-likeness (QED) is 0.614. The highest BCUT2D eigenvalue weighted by atomic mass is 32.2. The molecule has 8 nitrogen and oxygen atoms in total. The van der Waals surface area contributed by atoms with Crippen LogP contribution in [0.3, 0.4) is 0 Å². The molecule has 0 heterocycles. The molecule has 152 valence electrons. The highest BCUT2D eigenvalue weighted by Gasteiger charge is 2.19. The fourth-order valence-corrected chi connectivity index (χ4v) is 4.12. The molecule has 0 saturated carbocycles. The molecular formula is C18H21O8PS. The van der Waals surface area contributed by atoms with Crippen LogP contribution in [0.5, 0.6) is 17.2 Å². The van der Waals surface area contributed by atoms with E-state index in [9.17, 15) is 13.0 Å². The van der Waals surface area contributed by atoms with Crippen molar-refractivity contribution in [1.82, 2.24) is 0 Å². The van der Waals surface area contributed by atoms with Crippen molar-refractivity contribution in [3.8, 4) is 17.2 Å². The molecule has 10 heteroatoms. The Morgan fingerprint density at radius 3 is 1.93 bits per heavy atom. The second-order valence-electron chi connectivity index (χ2n) is 5.76. The van der Waals surface area contributed by atoms with Gasteiger partial charge in [0.1, 0.15) is 17.2 Å². The number of hydrogen-bond donors (Lipinski definition) is 2. The number of ether oxygens (including phenoxy) is 3. The molecule has 0 saturated heterocycles. The van der Waals surface area contributed by atoms with Crippen LogP contribution in [0.1, 0.15) is 11.1 Å². The minimum absolute atomic E-state index is 0.139. The van der Waals surface area contributed by atoms with Gasteiger partial charge in [-0.25, -0.2) is 8.42 Å². The van der Waals surface area contributed by atoms with Crippen molar-refractivity contribution in [2.45, 2.75) is 5.75 Å². The average Bonchev–Trinajstić information content (AvgIpc) is 2.66. The maximum atomic E-state index is 12.5. The van der Waals surface area contributed by atoms with Crippen molar-refractivity contribution in [1.29, 1.82) is 0 Å². The maximum absolute atomic E-state index is 12.5. The second-order valence-corrected chi connectivity index (χ2v) is 9.25. The van der Waals surface area contributed by atoms with Crippen LogP contribution in [0, 0.1) is 0 Å². The lowest BCUT2D eigenvalue weighted by atomic mass is 10.2. The third-order valence-corrected chi connectivity index (χ3v) is 6.07. The van der Waals surface area contributed by atoms with E-state index in [0.717, 1.165) is 5.41 Å². The number of sulfone groups is 1. The Balaban J connectivity index is 2.29. The molecule has 0 bridgehead atoms. The number of hydrogen-bond acceptors (Lipinski definition) is 6. The van der Waals surface area contributed by atoms with Crippen molar-refractivity contribution >= 4 is 28.8 Å². The van der Waals surface area contributed by atoms with E-state index < -0.39 is 17.4 Å². The monoisotopic (exact) mass is 428 g/mol. The SMILES string of the molecule is COc1cc(OC)c(CS(=O)(=O)C=Cc2ccc(P(=O)(O)O)cc2)c(OC)c1. The normalized spacial score (nSPS) is 12.2. The van der Waals surface area contributed by atoms with E-state index in [1.165, 1.54) is 51.7 Å². The van der Waals surface area contributed by atoms with Crippen molar-refractivity contribution in [2.75, 3.05) is 21.3 Å². The summed E-state index contributed by atoms with van der Waals surface area (Å²) in [5.74, 6) is 0.745. The minimum Gasteiger partial charge on any atom is -0.496 e. The zero-order valence-corrected chi connectivity index (χ0v) is 17.2. The predicted octanol–water partition coefficient (Wildman–Crippen LogP) is 2.10. The summed E-state index contributed by atoms with van der Waals surface area (Å²) in [5, 5.41) is 0.892. The Morgan fingerprint density at radius 1 is 0.964 bits per heavy atom. The lowest BCUT2D eigenvalue weighted by Crippen LogP contribution is -2.05. The molecule has 0 radical (unpaired) electrons. The van der Waals surface area contributed by atoms with Gasteiger partial charge in [0, 0.05) is 17.5 Å². The molecule has 0 spiro atoms. The average molecular weight is 428 g/mol. The Morgan fingerprint density at radius 2 is 1.50 bits per heavy atom. The summed E-state index contributed by atoms with van der Waals surface area (Å²) in [4.78, 5) is 18.2. The first-order valence-corrected chi connectivity index (χ1v) is 11.3. The summed E-state index contributed by atoms with van der Waals surface area (Å²) in [6.45, 7) is 0. The molecule has 0 aliphatic heterocycles. The van der Waals surface area contributed by atoms with E-state index in [-0.39, 0.29) is 11.1 Å². The molecule has 28 heavy (non-hydrogen) atoms. The third-order valence-electron chi connectivity index (χ3n) is 3.86. The molecular weight excluding hydrogens is 407 g/mol. The summed E-state index contributed by atoms with van der Waals surface area (Å²) in [6, 6.07) is 8.49. The van der Waals surface area contributed by atoms with E-state index >= 15 is 0 Å². The summed E-state index contributed by atoms with van der Waals surface area (Å²) >= 11 is 0. The van der Waals surface area contributed by atoms with Crippen LogP contribution in [0.2, 0.25) is 0 Å². The van der Waals surface area contributed by atoms with Crippen LogP contribution in [0.15, 0.2) is 41.8 Å². The first-order chi connectivity index (χ1) is 13.1. The Kier molecular flexibility index (Phi) is 6.90. The third kappa shape index (κ3) is 5.59. The van der Waals surface area contributed by atoms with E-state index in [4.69, 9.17) is 24.0 Å². The fraction of sp³-hybridized carbons (Fsp3) is 0.222. The Hall–Kier alpha value is -2.32. The molecule has 0 fully saturated rings. The van der Waals surface area contributed by atoms with Gasteiger partial charge in [0.15, 0.2) is 9.84 Å². The van der Waals surface area contributed by atoms with Gasteiger partial charge in [-0.2, -0.15) is 0 Å². The highest BCUT2D eigenvalue weighted by molar-refractivity contribution is 7.93. The van der Waals surface area contributed by atoms with Crippen LogP contribution >= 0.6 is 7.60 Å². The highest BCUT2D eigenvalue weighted by Crippen LogP contribution is 2.36. The molecule has 0 aliphatic carbocycles. The largest absolute Gasteiger partial charge is 0.496 e. The van der Waals surface area contributed by atoms with Gasteiger partial charge >= 0.3 is 7.60 Å². The van der Waals surface area contributed by atoms with E-state index in [2.05, 4.69) is 0 Å². The summed E-state index contributed by atoms with van der Waals surface area (Å²) in [6.07, 6.45) is 1.35. The second kappa shape index (κ2) is 8.79. The molecule has 0 aromatic heterocycles. The number of benzene rings is 2. The van der Waals surface area contributed by atoms with Gasteiger partial charge in [0.05, 0.1) is 38.0 Å².